The number of rotatable bonds is 7. The Morgan fingerprint density at radius 1 is 1.11 bits per heavy atom. The number of aryl methyl sites for hydroxylation is 3. The van der Waals surface area contributed by atoms with Gasteiger partial charge < -0.3 is 5.11 Å². The molecule has 0 aliphatic heterocycles. The normalized spacial score (nSPS) is 11.6. The van der Waals surface area contributed by atoms with Crippen molar-refractivity contribution in [2.75, 3.05) is 0 Å². The molecular weight excluding hydrogens is 485 g/mol. The molecule has 1 N–H and O–H groups in total. The van der Waals surface area contributed by atoms with Crippen LogP contribution in [0.4, 0.5) is 4.39 Å². The van der Waals surface area contributed by atoms with E-state index in [1.807, 2.05) is 24.3 Å². The summed E-state index contributed by atoms with van der Waals surface area (Å²) in [6.45, 7) is 4.56. The number of nitrogens with zero attached hydrogens (tertiary/aromatic N) is 5. The summed E-state index contributed by atoms with van der Waals surface area (Å²) >= 11 is 6.55. The molecule has 0 bridgehead atoms. The summed E-state index contributed by atoms with van der Waals surface area (Å²) in [4.78, 5) is 29.4. The largest absolute Gasteiger partial charge is 0.481 e. The molecule has 0 amide bonds. The number of halogens is 2. The highest BCUT2D eigenvalue weighted by atomic mass is 35.5. The van der Waals surface area contributed by atoms with Crippen LogP contribution in [0.2, 0.25) is 5.02 Å². The summed E-state index contributed by atoms with van der Waals surface area (Å²) in [7, 11) is 1.45. The SMILES string of the molecule is Cc1nn(C)c(=O)c(-c2c(F)ccc(Cl)c2CCc2ccc(-n3cncn3)cc2)c1C(C)(C)C(=O)O. The van der Waals surface area contributed by atoms with Crippen LogP contribution in [-0.2, 0) is 30.1 Å². The third kappa shape index (κ3) is 4.54. The van der Waals surface area contributed by atoms with Crippen molar-refractivity contribution in [3.63, 3.8) is 0 Å². The lowest BCUT2D eigenvalue weighted by atomic mass is 9.78. The van der Waals surface area contributed by atoms with Gasteiger partial charge in [0.25, 0.3) is 5.56 Å². The molecule has 0 unspecified atom stereocenters. The smallest absolute Gasteiger partial charge is 0.313 e. The van der Waals surface area contributed by atoms with E-state index in [0.29, 0.717) is 29.1 Å². The maximum Gasteiger partial charge on any atom is 0.313 e. The van der Waals surface area contributed by atoms with Gasteiger partial charge in [0.15, 0.2) is 0 Å². The highest BCUT2D eigenvalue weighted by Crippen LogP contribution is 2.38. The number of aromatic nitrogens is 5. The van der Waals surface area contributed by atoms with Crippen LogP contribution in [0, 0.1) is 12.7 Å². The molecule has 36 heavy (non-hydrogen) atoms. The van der Waals surface area contributed by atoms with Crippen LogP contribution in [0.3, 0.4) is 0 Å². The Morgan fingerprint density at radius 3 is 2.42 bits per heavy atom. The zero-order chi connectivity index (χ0) is 26.2. The molecule has 4 aromatic rings. The Kier molecular flexibility index (Phi) is 6.77. The van der Waals surface area contributed by atoms with Crippen molar-refractivity contribution < 1.29 is 14.3 Å². The van der Waals surface area contributed by atoms with E-state index in [9.17, 15) is 14.7 Å². The van der Waals surface area contributed by atoms with E-state index < -0.39 is 22.8 Å². The highest BCUT2D eigenvalue weighted by molar-refractivity contribution is 6.31. The van der Waals surface area contributed by atoms with Crippen molar-refractivity contribution in [2.45, 2.75) is 39.0 Å². The minimum absolute atomic E-state index is 0.0113. The number of hydrogen-bond acceptors (Lipinski definition) is 5. The molecule has 2 heterocycles. The first-order valence-electron chi connectivity index (χ1n) is 11.2. The topological polar surface area (TPSA) is 103 Å². The van der Waals surface area contributed by atoms with E-state index in [4.69, 9.17) is 11.6 Å². The Hall–Kier alpha value is -3.85. The number of benzene rings is 2. The number of carboxylic acids is 1. The van der Waals surface area contributed by atoms with Crippen molar-refractivity contribution in [1.82, 2.24) is 24.5 Å². The van der Waals surface area contributed by atoms with Gasteiger partial charge in [0.2, 0.25) is 0 Å². The van der Waals surface area contributed by atoms with Crippen molar-refractivity contribution >= 4 is 17.6 Å². The fourth-order valence-electron chi connectivity index (χ4n) is 4.41. The summed E-state index contributed by atoms with van der Waals surface area (Å²) in [5.74, 6) is -1.81. The van der Waals surface area contributed by atoms with Crippen LogP contribution in [0.15, 0.2) is 53.8 Å². The average molecular weight is 510 g/mol. The molecule has 0 saturated heterocycles. The Balaban J connectivity index is 1.82. The minimum atomic E-state index is -1.50. The fraction of sp³-hybridized carbons (Fsp3) is 0.269. The van der Waals surface area contributed by atoms with Gasteiger partial charge >= 0.3 is 5.97 Å². The molecule has 0 saturated carbocycles. The molecule has 8 nitrogen and oxygen atoms in total. The van der Waals surface area contributed by atoms with E-state index in [0.717, 1.165) is 15.9 Å². The van der Waals surface area contributed by atoms with E-state index in [2.05, 4.69) is 15.2 Å². The van der Waals surface area contributed by atoms with Crippen LogP contribution < -0.4 is 5.56 Å². The molecule has 0 radical (unpaired) electrons. The van der Waals surface area contributed by atoms with Gasteiger partial charge in [-0.05, 0) is 69.0 Å². The van der Waals surface area contributed by atoms with Crippen LogP contribution in [-0.4, -0.2) is 35.6 Å². The third-order valence-corrected chi connectivity index (χ3v) is 6.67. The van der Waals surface area contributed by atoms with Crippen molar-refractivity contribution in [2.24, 2.45) is 7.05 Å². The molecular formula is C26H25ClFN5O3. The van der Waals surface area contributed by atoms with Crippen molar-refractivity contribution in [3.05, 3.63) is 92.6 Å². The first-order chi connectivity index (χ1) is 17.0. The number of hydrogen-bond donors (Lipinski definition) is 1. The van der Waals surface area contributed by atoms with Gasteiger partial charge in [0, 0.05) is 23.2 Å². The lowest BCUT2D eigenvalue weighted by Crippen LogP contribution is -2.35. The summed E-state index contributed by atoms with van der Waals surface area (Å²) in [6.07, 6.45) is 3.88. The molecule has 2 aromatic carbocycles. The van der Waals surface area contributed by atoms with Gasteiger partial charge in [-0.15, -0.1) is 0 Å². The molecule has 4 rings (SSSR count). The van der Waals surface area contributed by atoms with E-state index >= 15 is 4.39 Å². The van der Waals surface area contributed by atoms with Gasteiger partial charge in [0.1, 0.15) is 18.5 Å². The molecule has 0 spiro atoms. The average Bonchev–Trinajstić information content (AvgIpc) is 3.37. The highest BCUT2D eigenvalue weighted by Gasteiger charge is 2.37. The Bertz CT molecular complexity index is 1500. The van der Waals surface area contributed by atoms with E-state index in [1.54, 1.807) is 17.9 Å². The number of carboxylic acid groups (broad SMARTS) is 1. The van der Waals surface area contributed by atoms with Crippen LogP contribution in [0.1, 0.15) is 36.2 Å². The molecule has 10 heteroatoms. The van der Waals surface area contributed by atoms with Gasteiger partial charge in [-0.2, -0.15) is 10.2 Å². The second kappa shape index (κ2) is 9.66. The molecule has 0 atom stereocenters. The standard InChI is InChI=1S/C26H25ClFN5O3/c1-15-23(26(2,3)25(35)36)22(24(34)32(4)31-15)21-18(19(27)11-12-20(21)28)10-7-16-5-8-17(9-6-16)33-14-29-13-30-33/h5-6,8-9,11-14H,7,10H2,1-4H3,(H,35,36). The second-order valence-corrected chi connectivity index (χ2v) is 9.49. The summed E-state index contributed by atoms with van der Waals surface area (Å²) < 4.78 is 18.2. The molecule has 2 aromatic heterocycles. The monoisotopic (exact) mass is 509 g/mol. The van der Waals surface area contributed by atoms with E-state index in [-0.39, 0.29) is 16.7 Å². The number of carbonyl (C=O) groups is 1. The Labute approximate surface area is 212 Å². The molecule has 0 aliphatic rings. The summed E-state index contributed by atoms with van der Waals surface area (Å²) in [5, 5.41) is 18.5. The minimum Gasteiger partial charge on any atom is -0.481 e. The predicted octanol–water partition coefficient (Wildman–Crippen LogP) is 4.28. The first-order valence-corrected chi connectivity index (χ1v) is 11.6. The zero-order valence-electron chi connectivity index (χ0n) is 20.3. The van der Waals surface area contributed by atoms with Gasteiger partial charge in [-0.25, -0.2) is 18.7 Å². The van der Waals surface area contributed by atoms with Crippen molar-refractivity contribution in [3.8, 4) is 16.8 Å². The maximum atomic E-state index is 15.5. The molecule has 186 valence electrons. The first kappa shape index (κ1) is 25.2. The Morgan fingerprint density at radius 2 is 1.81 bits per heavy atom. The quantitative estimate of drug-likeness (QED) is 0.399. The number of aliphatic carboxylic acids is 1. The van der Waals surface area contributed by atoms with E-state index in [1.165, 1.54) is 39.4 Å². The second-order valence-electron chi connectivity index (χ2n) is 9.08. The van der Waals surface area contributed by atoms with Crippen LogP contribution in [0.5, 0.6) is 0 Å². The van der Waals surface area contributed by atoms with Crippen molar-refractivity contribution in [1.29, 1.82) is 0 Å². The lowest BCUT2D eigenvalue weighted by molar-refractivity contribution is -0.142. The zero-order valence-corrected chi connectivity index (χ0v) is 21.0. The van der Waals surface area contributed by atoms with Crippen LogP contribution in [0.25, 0.3) is 16.8 Å². The lowest BCUT2D eigenvalue weighted by Gasteiger charge is -2.26. The molecule has 0 fully saturated rings. The van der Waals surface area contributed by atoms with Gasteiger partial charge in [-0.1, -0.05) is 23.7 Å². The maximum absolute atomic E-state index is 15.5. The fourth-order valence-corrected chi connectivity index (χ4v) is 4.66. The van der Waals surface area contributed by atoms with Crippen LogP contribution >= 0.6 is 11.6 Å². The van der Waals surface area contributed by atoms with Gasteiger partial charge in [0.05, 0.1) is 22.4 Å². The third-order valence-electron chi connectivity index (χ3n) is 6.32. The summed E-state index contributed by atoms with van der Waals surface area (Å²) in [6, 6.07) is 10.3. The molecule has 0 aliphatic carbocycles. The van der Waals surface area contributed by atoms with Gasteiger partial charge in [-0.3, -0.25) is 9.59 Å². The summed E-state index contributed by atoms with van der Waals surface area (Å²) in [5.41, 5.74) is 0.624. The predicted molar refractivity (Wildman–Crippen MR) is 134 cm³/mol.